The van der Waals surface area contributed by atoms with E-state index < -0.39 is 36.8 Å². The summed E-state index contributed by atoms with van der Waals surface area (Å²) in [4.78, 5) is 0. The van der Waals surface area contributed by atoms with Gasteiger partial charge in [-0.15, -0.1) is 6.58 Å². The third kappa shape index (κ3) is 2.76. The lowest BCUT2D eigenvalue weighted by atomic mass is 10.0. The first-order valence-electron chi connectivity index (χ1n) is 4.86. The van der Waals surface area contributed by atoms with Gasteiger partial charge in [-0.2, -0.15) is 0 Å². The second-order valence-electron chi connectivity index (χ2n) is 4.04. The molecule has 1 heterocycles. The van der Waals surface area contributed by atoms with Gasteiger partial charge in [0.05, 0.1) is 6.61 Å². The van der Waals surface area contributed by atoms with Gasteiger partial charge in [0, 0.05) is 0 Å². The minimum Gasteiger partial charge on any atom is -0.394 e. The van der Waals surface area contributed by atoms with Crippen molar-refractivity contribution < 1.29 is 24.8 Å². The molecule has 0 spiro atoms. The molecule has 0 saturated carbocycles. The van der Waals surface area contributed by atoms with Crippen molar-refractivity contribution >= 4 is 0 Å². The zero-order valence-corrected chi connectivity index (χ0v) is 8.96. The largest absolute Gasteiger partial charge is 0.394 e. The summed E-state index contributed by atoms with van der Waals surface area (Å²) in [5.41, 5.74) is 0. The Bertz CT molecular complexity index is 228. The highest BCUT2D eigenvalue weighted by atomic mass is 16.8. The highest BCUT2D eigenvalue weighted by molar-refractivity contribution is 4.96. The fourth-order valence-corrected chi connectivity index (χ4v) is 1.62. The number of hydrogen-bond donors (Lipinski definition) is 3. The first kappa shape index (κ1) is 12.6. The predicted octanol–water partition coefficient (Wildman–Crippen LogP) is -0.593. The molecule has 3 N–H and O–H groups in total. The van der Waals surface area contributed by atoms with Gasteiger partial charge in [0.2, 0.25) is 0 Å². The maximum Gasteiger partial charge on any atom is 0.164 e. The van der Waals surface area contributed by atoms with E-state index in [4.69, 9.17) is 14.6 Å². The smallest absolute Gasteiger partial charge is 0.164 e. The molecule has 5 heteroatoms. The summed E-state index contributed by atoms with van der Waals surface area (Å²) in [5, 5.41) is 27.9. The monoisotopic (exact) mass is 218 g/mol. The van der Waals surface area contributed by atoms with Crippen molar-refractivity contribution in [1.29, 1.82) is 0 Å². The maximum absolute atomic E-state index is 9.59. The highest BCUT2D eigenvalue weighted by Crippen LogP contribution is 2.31. The topological polar surface area (TPSA) is 79.2 Å². The van der Waals surface area contributed by atoms with Crippen molar-refractivity contribution in [1.82, 2.24) is 0 Å². The molecule has 0 amide bonds. The van der Waals surface area contributed by atoms with Crippen LogP contribution >= 0.6 is 0 Å². The van der Waals surface area contributed by atoms with Crippen LogP contribution in [0.25, 0.3) is 0 Å². The highest BCUT2D eigenvalue weighted by Gasteiger charge is 2.46. The normalized spacial score (nSPS) is 33.7. The molecule has 1 aliphatic heterocycles. The first-order valence-corrected chi connectivity index (χ1v) is 4.86. The summed E-state index contributed by atoms with van der Waals surface area (Å²) in [6, 6.07) is 0. The quantitative estimate of drug-likeness (QED) is 0.549. The average molecular weight is 218 g/mol. The van der Waals surface area contributed by atoms with Crippen LogP contribution in [0.3, 0.4) is 0 Å². The Balaban J connectivity index is 2.78. The number of hydrogen-bond acceptors (Lipinski definition) is 5. The third-order valence-electron chi connectivity index (χ3n) is 2.31. The molecule has 0 bridgehead atoms. The molecule has 0 aromatic heterocycles. The summed E-state index contributed by atoms with van der Waals surface area (Å²) in [7, 11) is 0. The Kier molecular flexibility index (Phi) is 3.86. The van der Waals surface area contributed by atoms with Crippen LogP contribution in [0.2, 0.25) is 0 Å². The minimum absolute atomic E-state index is 0.440. The molecule has 1 fully saturated rings. The molecule has 2 unspecified atom stereocenters. The minimum atomic E-state index is -1.08. The van der Waals surface area contributed by atoms with E-state index in [-0.39, 0.29) is 0 Å². The van der Waals surface area contributed by atoms with Gasteiger partial charge in [-0.1, -0.05) is 6.08 Å². The second kappa shape index (κ2) is 4.59. The van der Waals surface area contributed by atoms with Crippen LogP contribution in [0.4, 0.5) is 0 Å². The van der Waals surface area contributed by atoms with Gasteiger partial charge in [0.25, 0.3) is 0 Å². The standard InChI is InChI=1S/C10H18O5/c1-4-6(12)8-9(7(13)5-11)15-10(2,3)14-8/h4,6-9,11-13H,1,5H2,2-3H3/t6?,7-,8?,9+/m1/s1. The van der Waals surface area contributed by atoms with Crippen LogP contribution in [-0.2, 0) is 9.47 Å². The molecule has 88 valence electrons. The molecule has 0 aliphatic carbocycles. The van der Waals surface area contributed by atoms with Crippen molar-refractivity contribution in [2.24, 2.45) is 0 Å². The molecule has 1 aliphatic rings. The van der Waals surface area contributed by atoms with Crippen LogP contribution in [-0.4, -0.2) is 52.1 Å². The van der Waals surface area contributed by atoms with Gasteiger partial charge in [0.1, 0.15) is 24.4 Å². The van der Waals surface area contributed by atoms with E-state index in [0.29, 0.717) is 0 Å². The van der Waals surface area contributed by atoms with E-state index >= 15 is 0 Å². The van der Waals surface area contributed by atoms with E-state index in [2.05, 4.69) is 6.58 Å². The van der Waals surface area contributed by atoms with Crippen molar-refractivity contribution in [3.63, 3.8) is 0 Å². The Hall–Kier alpha value is -0.460. The van der Waals surface area contributed by atoms with Crippen molar-refractivity contribution in [3.05, 3.63) is 12.7 Å². The van der Waals surface area contributed by atoms with Crippen molar-refractivity contribution in [2.45, 2.75) is 44.1 Å². The molecule has 0 aromatic carbocycles. The lowest BCUT2D eigenvalue weighted by Gasteiger charge is -2.22. The van der Waals surface area contributed by atoms with Crippen LogP contribution in [0.1, 0.15) is 13.8 Å². The van der Waals surface area contributed by atoms with Crippen LogP contribution in [0.15, 0.2) is 12.7 Å². The van der Waals surface area contributed by atoms with Crippen LogP contribution < -0.4 is 0 Å². The summed E-state index contributed by atoms with van der Waals surface area (Å²) in [5.74, 6) is -0.879. The van der Waals surface area contributed by atoms with Gasteiger partial charge in [-0.3, -0.25) is 0 Å². The molecule has 5 nitrogen and oxygen atoms in total. The van der Waals surface area contributed by atoms with Crippen molar-refractivity contribution in [2.75, 3.05) is 6.61 Å². The van der Waals surface area contributed by atoms with Gasteiger partial charge in [-0.25, -0.2) is 0 Å². The van der Waals surface area contributed by atoms with Gasteiger partial charge >= 0.3 is 0 Å². The van der Waals surface area contributed by atoms with Crippen molar-refractivity contribution in [3.8, 4) is 0 Å². The first-order chi connectivity index (χ1) is 6.91. The number of rotatable bonds is 4. The zero-order valence-electron chi connectivity index (χ0n) is 8.96. The lowest BCUT2D eigenvalue weighted by Crippen LogP contribution is -2.43. The molecular formula is C10H18O5. The lowest BCUT2D eigenvalue weighted by molar-refractivity contribution is -0.160. The Morgan fingerprint density at radius 1 is 1.33 bits per heavy atom. The van der Waals surface area contributed by atoms with Crippen LogP contribution in [0.5, 0.6) is 0 Å². The molecule has 1 rings (SSSR count). The Morgan fingerprint density at radius 2 is 1.87 bits per heavy atom. The zero-order chi connectivity index (χ0) is 11.6. The number of ether oxygens (including phenoxy) is 2. The number of aliphatic hydroxyl groups excluding tert-OH is 3. The average Bonchev–Trinajstić information content (AvgIpc) is 2.52. The summed E-state index contributed by atoms with van der Waals surface area (Å²) in [6.07, 6.45) is -2.16. The second-order valence-corrected chi connectivity index (χ2v) is 4.04. The van der Waals surface area contributed by atoms with Crippen LogP contribution in [0, 0.1) is 0 Å². The van der Waals surface area contributed by atoms with E-state index in [0.717, 1.165) is 0 Å². The molecule has 0 radical (unpaired) electrons. The fraction of sp³-hybridized carbons (Fsp3) is 0.800. The van der Waals surface area contributed by atoms with E-state index in [9.17, 15) is 10.2 Å². The molecular weight excluding hydrogens is 200 g/mol. The number of aliphatic hydroxyl groups is 3. The van der Waals surface area contributed by atoms with E-state index in [1.165, 1.54) is 6.08 Å². The molecule has 15 heavy (non-hydrogen) atoms. The molecule has 0 aromatic rings. The van der Waals surface area contributed by atoms with Gasteiger partial charge in [0.15, 0.2) is 5.79 Å². The Morgan fingerprint density at radius 3 is 2.33 bits per heavy atom. The third-order valence-corrected chi connectivity index (χ3v) is 2.31. The molecule has 4 atom stereocenters. The van der Waals surface area contributed by atoms with E-state index in [1.54, 1.807) is 13.8 Å². The summed E-state index contributed by atoms with van der Waals surface area (Å²) < 4.78 is 10.8. The fourth-order valence-electron chi connectivity index (χ4n) is 1.62. The molecule has 1 saturated heterocycles. The summed E-state index contributed by atoms with van der Waals surface area (Å²) >= 11 is 0. The SMILES string of the molecule is C=CC(O)C1OC(C)(C)O[C@H]1[C@H](O)CO. The van der Waals surface area contributed by atoms with Gasteiger partial charge in [-0.05, 0) is 13.8 Å². The Labute approximate surface area is 88.9 Å². The predicted molar refractivity (Wildman–Crippen MR) is 53.1 cm³/mol. The van der Waals surface area contributed by atoms with E-state index in [1.807, 2.05) is 0 Å². The summed E-state index contributed by atoms with van der Waals surface area (Å²) in [6.45, 7) is 6.36. The van der Waals surface area contributed by atoms with Gasteiger partial charge < -0.3 is 24.8 Å². The maximum atomic E-state index is 9.59.